The molecule has 21 heavy (non-hydrogen) atoms. The molecule has 1 aliphatic heterocycles. The van der Waals surface area contributed by atoms with Gasteiger partial charge in [-0.3, -0.25) is 5.41 Å². The molecule has 0 aromatic carbocycles. The van der Waals surface area contributed by atoms with Gasteiger partial charge in [-0.05, 0) is 38.2 Å². The van der Waals surface area contributed by atoms with Gasteiger partial charge in [-0.1, -0.05) is 6.08 Å². The highest BCUT2D eigenvalue weighted by atomic mass is 15.2. The molecule has 1 fully saturated rings. The SMILES string of the molecule is Cc1ncnc(N2CCNCC2)c1C(=N)C1=CCCCC1. The van der Waals surface area contributed by atoms with Crippen molar-refractivity contribution in [3.05, 3.63) is 29.2 Å². The Morgan fingerprint density at radius 3 is 2.76 bits per heavy atom. The Bertz CT molecular complexity index is 558. The van der Waals surface area contributed by atoms with Crippen molar-refractivity contribution < 1.29 is 0 Å². The third kappa shape index (κ3) is 2.97. The fourth-order valence-corrected chi connectivity index (χ4v) is 3.10. The monoisotopic (exact) mass is 285 g/mol. The predicted octanol–water partition coefficient (Wildman–Crippen LogP) is 2.06. The van der Waals surface area contributed by atoms with Gasteiger partial charge in [0.15, 0.2) is 0 Å². The van der Waals surface area contributed by atoms with E-state index in [2.05, 4.69) is 26.3 Å². The van der Waals surface area contributed by atoms with Gasteiger partial charge in [0.25, 0.3) is 0 Å². The summed E-state index contributed by atoms with van der Waals surface area (Å²) in [5, 5.41) is 12.0. The summed E-state index contributed by atoms with van der Waals surface area (Å²) in [4.78, 5) is 11.1. The molecular weight excluding hydrogens is 262 g/mol. The number of nitrogens with one attached hydrogen (secondary N) is 2. The van der Waals surface area contributed by atoms with Crippen molar-refractivity contribution >= 4 is 11.5 Å². The van der Waals surface area contributed by atoms with Gasteiger partial charge in [0.2, 0.25) is 0 Å². The van der Waals surface area contributed by atoms with Gasteiger partial charge in [0, 0.05) is 26.2 Å². The maximum absolute atomic E-state index is 8.63. The lowest BCUT2D eigenvalue weighted by atomic mass is 9.92. The number of hydrogen-bond acceptors (Lipinski definition) is 5. The van der Waals surface area contributed by atoms with Crippen LogP contribution in [0, 0.1) is 12.3 Å². The first-order chi connectivity index (χ1) is 10.3. The number of nitrogens with zero attached hydrogens (tertiary/aromatic N) is 3. The second-order valence-corrected chi connectivity index (χ2v) is 5.74. The number of hydrogen-bond donors (Lipinski definition) is 2. The van der Waals surface area contributed by atoms with E-state index in [9.17, 15) is 0 Å². The van der Waals surface area contributed by atoms with Crippen LogP contribution in [0.25, 0.3) is 0 Å². The molecule has 1 aromatic rings. The topological polar surface area (TPSA) is 64.9 Å². The highest BCUT2D eigenvalue weighted by molar-refractivity contribution is 6.14. The number of rotatable bonds is 3. The molecule has 1 aliphatic carbocycles. The van der Waals surface area contributed by atoms with E-state index in [0.717, 1.165) is 61.7 Å². The summed E-state index contributed by atoms with van der Waals surface area (Å²) < 4.78 is 0. The molecule has 5 nitrogen and oxygen atoms in total. The third-order valence-electron chi connectivity index (χ3n) is 4.30. The van der Waals surface area contributed by atoms with Gasteiger partial charge in [0.05, 0.1) is 17.0 Å². The zero-order chi connectivity index (χ0) is 14.7. The molecule has 2 N–H and O–H groups in total. The fraction of sp³-hybridized carbons (Fsp3) is 0.562. The van der Waals surface area contributed by atoms with Crippen LogP contribution in [-0.4, -0.2) is 41.9 Å². The van der Waals surface area contributed by atoms with Crippen LogP contribution < -0.4 is 10.2 Å². The minimum atomic E-state index is 0.626. The molecule has 0 spiro atoms. The van der Waals surface area contributed by atoms with Crippen molar-refractivity contribution in [2.24, 2.45) is 0 Å². The second-order valence-electron chi connectivity index (χ2n) is 5.74. The van der Waals surface area contributed by atoms with E-state index in [-0.39, 0.29) is 0 Å². The summed E-state index contributed by atoms with van der Waals surface area (Å²) in [6, 6.07) is 0. The van der Waals surface area contributed by atoms with Gasteiger partial charge in [-0.25, -0.2) is 9.97 Å². The van der Waals surface area contributed by atoms with Crippen LogP contribution in [-0.2, 0) is 0 Å². The maximum Gasteiger partial charge on any atom is 0.141 e. The summed E-state index contributed by atoms with van der Waals surface area (Å²) in [5.41, 5.74) is 3.62. The van der Waals surface area contributed by atoms with Gasteiger partial charge in [-0.2, -0.15) is 0 Å². The number of piperazine rings is 1. The zero-order valence-corrected chi connectivity index (χ0v) is 12.7. The molecule has 112 valence electrons. The van der Waals surface area contributed by atoms with E-state index in [1.807, 2.05) is 6.92 Å². The minimum Gasteiger partial charge on any atom is -0.353 e. The molecule has 0 bridgehead atoms. The Balaban J connectivity index is 1.96. The van der Waals surface area contributed by atoms with Crippen molar-refractivity contribution in [1.29, 1.82) is 5.41 Å². The van der Waals surface area contributed by atoms with E-state index in [1.165, 1.54) is 12.8 Å². The van der Waals surface area contributed by atoms with E-state index in [4.69, 9.17) is 5.41 Å². The largest absolute Gasteiger partial charge is 0.353 e. The van der Waals surface area contributed by atoms with E-state index >= 15 is 0 Å². The summed E-state index contributed by atoms with van der Waals surface area (Å²) in [7, 11) is 0. The molecule has 5 heteroatoms. The number of anilines is 1. The number of aryl methyl sites for hydroxylation is 1. The summed E-state index contributed by atoms with van der Waals surface area (Å²) >= 11 is 0. The summed E-state index contributed by atoms with van der Waals surface area (Å²) in [6.07, 6.45) is 8.37. The van der Waals surface area contributed by atoms with Crippen molar-refractivity contribution in [1.82, 2.24) is 15.3 Å². The van der Waals surface area contributed by atoms with Gasteiger partial charge < -0.3 is 10.2 Å². The lowest BCUT2D eigenvalue weighted by molar-refractivity contribution is 0.584. The van der Waals surface area contributed by atoms with E-state index in [1.54, 1.807) is 6.33 Å². The fourth-order valence-electron chi connectivity index (χ4n) is 3.10. The lowest BCUT2D eigenvalue weighted by Crippen LogP contribution is -2.44. The highest BCUT2D eigenvalue weighted by Gasteiger charge is 2.22. The molecule has 2 heterocycles. The van der Waals surface area contributed by atoms with Crippen molar-refractivity contribution in [2.45, 2.75) is 32.6 Å². The van der Waals surface area contributed by atoms with Crippen LogP contribution in [0.3, 0.4) is 0 Å². The maximum atomic E-state index is 8.63. The Morgan fingerprint density at radius 2 is 2.05 bits per heavy atom. The minimum absolute atomic E-state index is 0.626. The molecule has 0 amide bonds. The zero-order valence-electron chi connectivity index (χ0n) is 12.7. The lowest BCUT2D eigenvalue weighted by Gasteiger charge is -2.30. The summed E-state index contributed by atoms with van der Waals surface area (Å²) in [6.45, 7) is 5.81. The van der Waals surface area contributed by atoms with Crippen molar-refractivity contribution in [2.75, 3.05) is 31.1 Å². The first-order valence-electron chi connectivity index (χ1n) is 7.83. The molecule has 2 aliphatic rings. The quantitative estimate of drug-likeness (QED) is 0.834. The van der Waals surface area contributed by atoms with E-state index in [0.29, 0.717) is 5.71 Å². The predicted molar refractivity (Wildman–Crippen MR) is 85.2 cm³/mol. The molecular formula is C16H23N5. The Hall–Kier alpha value is -1.75. The Morgan fingerprint density at radius 1 is 1.24 bits per heavy atom. The van der Waals surface area contributed by atoms with Crippen LogP contribution in [0.2, 0.25) is 0 Å². The molecule has 0 atom stereocenters. The van der Waals surface area contributed by atoms with Crippen LogP contribution >= 0.6 is 0 Å². The molecule has 1 aromatic heterocycles. The second kappa shape index (κ2) is 6.35. The third-order valence-corrected chi connectivity index (χ3v) is 4.30. The molecule has 0 radical (unpaired) electrons. The molecule has 1 saturated heterocycles. The molecule has 0 unspecified atom stereocenters. The van der Waals surface area contributed by atoms with Gasteiger partial charge >= 0.3 is 0 Å². The Labute approximate surface area is 126 Å². The standard InChI is InChI=1S/C16H23N5/c1-12-14(15(17)13-5-3-2-4-6-13)16(20-11-19-12)21-9-7-18-8-10-21/h5,11,17-18H,2-4,6-10H2,1H3. The van der Waals surface area contributed by atoms with Crippen molar-refractivity contribution in [3.63, 3.8) is 0 Å². The smallest absolute Gasteiger partial charge is 0.141 e. The highest BCUT2D eigenvalue weighted by Crippen LogP contribution is 2.27. The van der Waals surface area contributed by atoms with Crippen LogP contribution in [0.1, 0.15) is 36.9 Å². The van der Waals surface area contributed by atoms with Crippen LogP contribution in [0.15, 0.2) is 18.0 Å². The average Bonchev–Trinajstić information content (AvgIpc) is 2.55. The number of aromatic nitrogens is 2. The number of allylic oxidation sites excluding steroid dienone is 2. The van der Waals surface area contributed by atoms with Crippen molar-refractivity contribution in [3.8, 4) is 0 Å². The van der Waals surface area contributed by atoms with Gasteiger partial charge in [-0.15, -0.1) is 0 Å². The van der Waals surface area contributed by atoms with E-state index < -0.39 is 0 Å². The Kier molecular flexibility index (Phi) is 4.29. The average molecular weight is 285 g/mol. The summed E-state index contributed by atoms with van der Waals surface area (Å²) in [5.74, 6) is 0.931. The first-order valence-corrected chi connectivity index (χ1v) is 7.83. The first kappa shape index (κ1) is 14.2. The van der Waals surface area contributed by atoms with Crippen LogP contribution in [0.5, 0.6) is 0 Å². The van der Waals surface area contributed by atoms with Crippen LogP contribution in [0.4, 0.5) is 5.82 Å². The normalized spacial score (nSPS) is 19.3. The molecule has 3 rings (SSSR count). The van der Waals surface area contributed by atoms with Gasteiger partial charge in [0.1, 0.15) is 12.1 Å². The molecule has 0 saturated carbocycles.